The lowest BCUT2D eigenvalue weighted by molar-refractivity contribution is 0.0697. The molecular formula is C16H13FO3. The van der Waals surface area contributed by atoms with E-state index in [1.807, 2.05) is 0 Å². The van der Waals surface area contributed by atoms with Gasteiger partial charge in [0.25, 0.3) is 6.36 Å². The number of aromatic carboxylic acids is 1. The normalized spacial score (nSPS) is 11.7. The zero-order valence-electron chi connectivity index (χ0n) is 10.6. The Morgan fingerprint density at radius 2 is 1.60 bits per heavy atom. The van der Waals surface area contributed by atoms with E-state index < -0.39 is 12.3 Å². The maximum Gasteiger partial charge on any atom is 0.335 e. The van der Waals surface area contributed by atoms with Crippen LogP contribution in [0.1, 0.15) is 10.4 Å². The van der Waals surface area contributed by atoms with E-state index >= 15 is 0 Å². The molecule has 0 fully saturated rings. The van der Waals surface area contributed by atoms with Gasteiger partial charge < -0.3 is 9.84 Å². The minimum absolute atomic E-state index is 0.236. The molecule has 0 bridgehead atoms. The first-order chi connectivity index (χ1) is 9.60. The van der Waals surface area contributed by atoms with Gasteiger partial charge in [-0.25, -0.2) is 4.79 Å². The summed E-state index contributed by atoms with van der Waals surface area (Å²) in [4.78, 5) is 10.8. The van der Waals surface area contributed by atoms with Crippen molar-refractivity contribution in [2.75, 3.05) is 0 Å². The van der Waals surface area contributed by atoms with Crippen molar-refractivity contribution < 1.29 is 19.0 Å². The van der Waals surface area contributed by atoms with E-state index in [1.165, 1.54) is 12.1 Å². The number of rotatable bonds is 5. The Morgan fingerprint density at radius 1 is 1.10 bits per heavy atom. The summed E-state index contributed by atoms with van der Waals surface area (Å²) in [5, 5.41) is 8.83. The van der Waals surface area contributed by atoms with E-state index in [1.54, 1.807) is 36.4 Å². The third-order valence-electron chi connectivity index (χ3n) is 2.75. The first-order valence-corrected chi connectivity index (χ1v) is 5.97. The molecule has 0 aliphatic carbocycles. The van der Waals surface area contributed by atoms with Crippen molar-refractivity contribution in [3.8, 4) is 16.9 Å². The summed E-state index contributed by atoms with van der Waals surface area (Å²) in [6.45, 7) is 3.30. The molecule has 0 aliphatic rings. The molecule has 2 aromatic carbocycles. The van der Waals surface area contributed by atoms with Gasteiger partial charge in [0, 0.05) is 0 Å². The van der Waals surface area contributed by atoms with Gasteiger partial charge >= 0.3 is 5.97 Å². The van der Waals surface area contributed by atoms with E-state index in [4.69, 9.17) is 9.84 Å². The molecule has 0 amide bonds. The fourth-order valence-corrected chi connectivity index (χ4v) is 1.71. The second kappa shape index (κ2) is 6.02. The van der Waals surface area contributed by atoms with Crippen LogP contribution in [0.3, 0.4) is 0 Å². The highest BCUT2D eigenvalue weighted by atomic mass is 19.1. The Balaban J connectivity index is 2.17. The molecule has 0 spiro atoms. The number of ether oxygens (including phenoxy) is 1. The minimum Gasteiger partial charge on any atom is -0.478 e. The van der Waals surface area contributed by atoms with E-state index in [0.29, 0.717) is 5.75 Å². The zero-order chi connectivity index (χ0) is 14.5. The second-order valence-electron chi connectivity index (χ2n) is 4.11. The van der Waals surface area contributed by atoms with Crippen molar-refractivity contribution in [2.24, 2.45) is 0 Å². The van der Waals surface area contributed by atoms with Gasteiger partial charge in [0.2, 0.25) is 0 Å². The van der Waals surface area contributed by atoms with Gasteiger partial charge in [-0.1, -0.05) is 30.8 Å². The highest BCUT2D eigenvalue weighted by Crippen LogP contribution is 2.23. The van der Waals surface area contributed by atoms with Crippen molar-refractivity contribution in [3.63, 3.8) is 0 Å². The number of hydrogen-bond donors (Lipinski definition) is 1. The summed E-state index contributed by atoms with van der Waals surface area (Å²) in [6, 6.07) is 13.4. The molecule has 1 N–H and O–H groups in total. The van der Waals surface area contributed by atoms with Crippen LogP contribution in [0, 0.1) is 0 Å². The summed E-state index contributed by atoms with van der Waals surface area (Å²) >= 11 is 0. The molecule has 3 nitrogen and oxygen atoms in total. The number of halogens is 1. The van der Waals surface area contributed by atoms with Crippen LogP contribution in [0.15, 0.2) is 61.2 Å². The Hall–Kier alpha value is -2.62. The smallest absolute Gasteiger partial charge is 0.335 e. The molecule has 0 heterocycles. The lowest BCUT2D eigenvalue weighted by Gasteiger charge is -2.08. The summed E-state index contributed by atoms with van der Waals surface area (Å²) in [5.41, 5.74) is 2.00. The van der Waals surface area contributed by atoms with Gasteiger partial charge in [-0.2, -0.15) is 4.39 Å². The number of carboxylic acids is 1. The largest absolute Gasteiger partial charge is 0.478 e. The molecular weight excluding hydrogens is 259 g/mol. The third-order valence-corrected chi connectivity index (χ3v) is 2.75. The predicted octanol–water partition coefficient (Wildman–Crippen LogP) is 3.91. The second-order valence-corrected chi connectivity index (χ2v) is 4.11. The van der Waals surface area contributed by atoms with Crippen LogP contribution in [0.2, 0.25) is 0 Å². The molecule has 1 atom stereocenters. The monoisotopic (exact) mass is 272 g/mol. The number of hydrogen-bond acceptors (Lipinski definition) is 2. The summed E-state index contributed by atoms with van der Waals surface area (Å²) < 4.78 is 17.9. The lowest BCUT2D eigenvalue weighted by atomic mass is 10.0. The van der Waals surface area contributed by atoms with Gasteiger partial charge in [-0.05, 0) is 41.5 Å². The fourth-order valence-electron chi connectivity index (χ4n) is 1.71. The van der Waals surface area contributed by atoms with E-state index in [9.17, 15) is 9.18 Å². The molecule has 0 aromatic heterocycles. The Labute approximate surface area is 115 Å². The lowest BCUT2D eigenvalue weighted by Crippen LogP contribution is -2.05. The zero-order valence-corrected chi connectivity index (χ0v) is 10.6. The first kappa shape index (κ1) is 13.8. The Morgan fingerprint density at radius 3 is 2.05 bits per heavy atom. The standard InChI is InChI=1S/C16H13FO3/c1-2-15(17)20-14-9-7-12(8-10-14)11-3-5-13(6-4-11)16(18)19/h2-10,15H,1H2,(H,18,19). The molecule has 102 valence electrons. The minimum atomic E-state index is -1.53. The van der Waals surface area contributed by atoms with E-state index in [0.717, 1.165) is 17.2 Å². The Kier molecular flexibility index (Phi) is 4.15. The highest BCUT2D eigenvalue weighted by molar-refractivity contribution is 5.88. The quantitative estimate of drug-likeness (QED) is 0.839. The maximum atomic E-state index is 13.0. The van der Waals surface area contributed by atoms with Crippen molar-refractivity contribution in [3.05, 3.63) is 66.7 Å². The molecule has 20 heavy (non-hydrogen) atoms. The topological polar surface area (TPSA) is 46.5 Å². The van der Waals surface area contributed by atoms with Crippen molar-refractivity contribution in [1.82, 2.24) is 0 Å². The van der Waals surface area contributed by atoms with Gasteiger partial charge in [0.1, 0.15) is 5.75 Å². The van der Waals surface area contributed by atoms with Crippen LogP contribution >= 0.6 is 0 Å². The number of carbonyl (C=O) groups is 1. The van der Waals surface area contributed by atoms with E-state index in [-0.39, 0.29) is 5.56 Å². The van der Waals surface area contributed by atoms with Gasteiger partial charge in [-0.15, -0.1) is 0 Å². The molecule has 0 radical (unpaired) electrons. The number of alkyl halides is 1. The number of carboxylic acid groups (broad SMARTS) is 1. The Bertz CT molecular complexity index is 603. The van der Waals surface area contributed by atoms with Crippen LogP contribution in [-0.2, 0) is 0 Å². The summed E-state index contributed by atoms with van der Waals surface area (Å²) in [7, 11) is 0. The first-order valence-electron chi connectivity index (χ1n) is 5.97. The van der Waals surface area contributed by atoms with Gasteiger partial charge in [0.15, 0.2) is 0 Å². The predicted molar refractivity (Wildman–Crippen MR) is 74.6 cm³/mol. The molecule has 1 unspecified atom stereocenters. The fraction of sp³-hybridized carbons (Fsp3) is 0.0625. The molecule has 2 aromatic rings. The third kappa shape index (κ3) is 3.23. The van der Waals surface area contributed by atoms with Gasteiger partial charge in [-0.3, -0.25) is 0 Å². The summed E-state index contributed by atoms with van der Waals surface area (Å²) in [5.74, 6) is -0.554. The van der Waals surface area contributed by atoms with Crippen LogP contribution in [0.4, 0.5) is 4.39 Å². The van der Waals surface area contributed by atoms with Crippen molar-refractivity contribution in [2.45, 2.75) is 6.36 Å². The average Bonchev–Trinajstić information content (AvgIpc) is 2.48. The maximum absolute atomic E-state index is 13.0. The van der Waals surface area contributed by atoms with Crippen LogP contribution in [0.25, 0.3) is 11.1 Å². The SMILES string of the molecule is C=CC(F)Oc1ccc(-c2ccc(C(=O)O)cc2)cc1. The van der Waals surface area contributed by atoms with E-state index in [2.05, 4.69) is 6.58 Å². The number of benzene rings is 2. The molecule has 2 rings (SSSR count). The van der Waals surface area contributed by atoms with Crippen molar-refractivity contribution >= 4 is 5.97 Å². The molecule has 0 saturated heterocycles. The van der Waals surface area contributed by atoms with Crippen LogP contribution in [-0.4, -0.2) is 17.4 Å². The molecule has 4 heteroatoms. The van der Waals surface area contributed by atoms with Crippen LogP contribution in [0.5, 0.6) is 5.75 Å². The van der Waals surface area contributed by atoms with Crippen molar-refractivity contribution in [1.29, 1.82) is 0 Å². The highest BCUT2D eigenvalue weighted by Gasteiger charge is 2.05. The molecule has 0 aliphatic heterocycles. The average molecular weight is 272 g/mol. The van der Waals surface area contributed by atoms with Gasteiger partial charge in [0.05, 0.1) is 5.56 Å². The molecule has 0 saturated carbocycles. The van der Waals surface area contributed by atoms with Crippen LogP contribution < -0.4 is 4.74 Å². The summed E-state index contributed by atoms with van der Waals surface area (Å²) in [6.07, 6.45) is -0.464.